The monoisotopic (exact) mass is 610 g/mol. The van der Waals surface area contributed by atoms with Gasteiger partial charge in [-0.2, -0.15) is 0 Å². The molecule has 1 unspecified atom stereocenters. The molecule has 0 saturated carbocycles. The molecule has 0 bridgehead atoms. The maximum Gasteiger partial charge on any atom is 0.103 e. The van der Waals surface area contributed by atoms with Gasteiger partial charge in [0.15, 0.2) is 0 Å². The predicted molar refractivity (Wildman–Crippen MR) is 195 cm³/mol. The van der Waals surface area contributed by atoms with Crippen molar-refractivity contribution in [3.05, 3.63) is 151 Å². The van der Waals surface area contributed by atoms with Crippen LogP contribution in [0.15, 0.2) is 150 Å². The third-order valence-corrected chi connectivity index (χ3v) is 11.6. The normalized spacial score (nSPS) is 14.5. The molecule has 3 heterocycles. The van der Waals surface area contributed by atoms with Crippen molar-refractivity contribution in [2.45, 2.75) is 10.3 Å². The zero-order valence-electron chi connectivity index (χ0n) is 24.2. The van der Waals surface area contributed by atoms with Gasteiger partial charge in [0.1, 0.15) is 5.37 Å². The predicted octanol–water partition coefficient (Wildman–Crippen LogP) is 12.2. The summed E-state index contributed by atoms with van der Waals surface area (Å²) in [7, 11) is 0. The molecule has 9 aromatic rings. The van der Waals surface area contributed by atoms with E-state index >= 15 is 0 Å². The number of rotatable bonds is 3. The summed E-state index contributed by atoms with van der Waals surface area (Å²) in [5, 5.41) is 11.8. The first kappa shape index (κ1) is 25.3. The van der Waals surface area contributed by atoms with Gasteiger partial charge in [-0.3, -0.25) is 0 Å². The van der Waals surface area contributed by atoms with Crippen LogP contribution in [-0.2, 0) is 0 Å². The molecule has 0 spiro atoms. The van der Waals surface area contributed by atoms with Gasteiger partial charge in [-0.1, -0.05) is 109 Å². The van der Waals surface area contributed by atoms with Gasteiger partial charge >= 0.3 is 0 Å². The number of thiophene rings is 1. The molecule has 1 N–H and O–H groups in total. The number of hydrogen-bond donors (Lipinski definition) is 1. The highest BCUT2D eigenvalue weighted by molar-refractivity contribution is 8.00. The quantitative estimate of drug-likeness (QED) is 0.214. The van der Waals surface area contributed by atoms with E-state index in [-0.39, 0.29) is 5.37 Å². The van der Waals surface area contributed by atoms with Crippen LogP contribution in [0.3, 0.4) is 0 Å². The second-order valence-electron chi connectivity index (χ2n) is 11.8. The summed E-state index contributed by atoms with van der Waals surface area (Å²) in [4.78, 5) is 1.36. The Kier molecular flexibility index (Phi) is 5.48. The maximum atomic E-state index is 3.83. The van der Waals surface area contributed by atoms with Crippen molar-refractivity contribution in [3.63, 3.8) is 0 Å². The van der Waals surface area contributed by atoms with Gasteiger partial charge < -0.3 is 9.88 Å². The van der Waals surface area contributed by atoms with Crippen LogP contribution in [-0.4, -0.2) is 4.57 Å². The van der Waals surface area contributed by atoms with Gasteiger partial charge in [-0.15, -0.1) is 11.3 Å². The summed E-state index contributed by atoms with van der Waals surface area (Å²) in [5.41, 5.74) is 8.69. The van der Waals surface area contributed by atoms with Crippen LogP contribution in [0.2, 0.25) is 0 Å². The Morgan fingerprint density at radius 2 is 1.31 bits per heavy atom. The van der Waals surface area contributed by atoms with Crippen LogP contribution < -0.4 is 5.32 Å². The van der Waals surface area contributed by atoms with Crippen LogP contribution in [0.4, 0.5) is 5.69 Å². The second-order valence-corrected chi connectivity index (χ2v) is 14.0. The van der Waals surface area contributed by atoms with Gasteiger partial charge in [-0.05, 0) is 76.0 Å². The number of aromatic nitrogens is 1. The van der Waals surface area contributed by atoms with Crippen LogP contribution in [0.1, 0.15) is 10.9 Å². The standard InChI is InChI=1S/C41H26N2S2/c1-2-8-25(9-3-1)29-16-19-32-38(24-29)44-37-21-20-34-40(39(32)37)45-41(42-34)26-14-17-30(18-15-26)43-35-13-7-6-12-31(35)33-22-27-10-4-5-11-28(27)23-36(33)43/h1-24,41-42H. The Morgan fingerprint density at radius 1 is 0.533 bits per heavy atom. The minimum atomic E-state index is 0.167. The summed E-state index contributed by atoms with van der Waals surface area (Å²) >= 11 is 3.83. The maximum absolute atomic E-state index is 3.83. The molecule has 7 aromatic carbocycles. The van der Waals surface area contributed by atoms with Crippen molar-refractivity contribution in [2.75, 3.05) is 5.32 Å². The van der Waals surface area contributed by atoms with E-state index in [1.165, 1.54) is 85.7 Å². The Hall–Kier alpha value is -5.03. The van der Waals surface area contributed by atoms with Crippen molar-refractivity contribution < 1.29 is 0 Å². The fraction of sp³-hybridized carbons (Fsp3) is 0.0244. The summed E-state index contributed by atoms with van der Waals surface area (Å²) in [6, 6.07) is 53.4. The van der Waals surface area contributed by atoms with Gasteiger partial charge in [0, 0.05) is 47.2 Å². The fourth-order valence-corrected chi connectivity index (χ4v) is 9.58. The summed E-state index contributed by atoms with van der Waals surface area (Å²) in [6.45, 7) is 0. The van der Waals surface area contributed by atoms with E-state index in [4.69, 9.17) is 0 Å². The molecule has 10 rings (SSSR count). The highest BCUT2D eigenvalue weighted by Gasteiger charge is 2.26. The lowest BCUT2D eigenvalue weighted by Crippen LogP contribution is -2.01. The first-order valence-electron chi connectivity index (χ1n) is 15.3. The van der Waals surface area contributed by atoms with Crippen molar-refractivity contribution in [1.82, 2.24) is 4.57 Å². The molecule has 1 atom stereocenters. The molecule has 0 amide bonds. The van der Waals surface area contributed by atoms with E-state index in [1.807, 2.05) is 23.1 Å². The third kappa shape index (κ3) is 3.89. The lowest BCUT2D eigenvalue weighted by atomic mass is 10.0. The molecule has 2 aromatic heterocycles. The molecule has 212 valence electrons. The number of benzene rings is 7. The molecule has 0 aliphatic carbocycles. The van der Waals surface area contributed by atoms with Crippen molar-refractivity contribution in [3.8, 4) is 16.8 Å². The fourth-order valence-electron chi connectivity index (χ4n) is 7.05. The minimum Gasteiger partial charge on any atom is -0.368 e. The van der Waals surface area contributed by atoms with E-state index in [1.54, 1.807) is 0 Å². The molecule has 1 aliphatic rings. The number of fused-ring (bicyclic) bond motifs is 9. The zero-order chi connectivity index (χ0) is 29.5. The number of nitrogens with one attached hydrogen (secondary N) is 1. The Balaban J connectivity index is 1.03. The van der Waals surface area contributed by atoms with E-state index in [0.717, 1.165) is 0 Å². The lowest BCUT2D eigenvalue weighted by Gasteiger charge is -2.13. The van der Waals surface area contributed by atoms with E-state index in [0.29, 0.717) is 0 Å². The Morgan fingerprint density at radius 3 is 2.18 bits per heavy atom. The van der Waals surface area contributed by atoms with Crippen LogP contribution in [0.25, 0.3) is 69.6 Å². The molecule has 1 aliphatic heterocycles. The van der Waals surface area contributed by atoms with Gasteiger partial charge in [-0.25, -0.2) is 0 Å². The molecular weight excluding hydrogens is 585 g/mol. The van der Waals surface area contributed by atoms with Crippen LogP contribution in [0.5, 0.6) is 0 Å². The van der Waals surface area contributed by atoms with Crippen LogP contribution >= 0.6 is 23.1 Å². The van der Waals surface area contributed by atoms with Crippen molar-refractivity contribution >= 4 is 81.5 Å². The smallest absolute Gasteiger partial charge is 0.103 e. The average molecular weight is 611 g/mol. The molecule has 4 heteroatoms. The molecule has 45 heavy (non-hydrogen) atoms. The largest absolute Gasteiger partial charge is 0.368 e. The van der Waals surface area contributed by atoms with E-state index in [2.05, 4.69) is 155 Å². The zero-order valence-corrected chi connectivity index (χ0v) is 25.8. The number of thioether (sulfide) groups is 1. The third-order valence-electron chi connectivity index (χ3n) is 9.21. The Bertz CT molecular complexity index is 2590. The molecule has 0 radical (unpaired) electrons. The molecule has 0 fully saturated rings. The first-order valence-corrected chi connectivity index (χ1v) is 17.0. The number of hydrogen-bond acceptors (Lipinski definition) is 3. The molecule has 2 nitrogen and oxygen atoms in total. The number of nitrogens with zero attached hydrogens (tertiary/aromatic N) is 1. The summed E-state index contributed by atoms with van der Waals surface area (Å²) in [5.74, 6) is 0. The van der Waals surface area contributed by atoms with E-state index in [9.17, 15) is 0 Å². The highest BCUT2D eigenvalue weighted by atomic mass is 32.2. The minimum absolute atomic E-state index is 0.167. The topological polar surface area (TPSA) is 17.0 Å². The summed E-state index contributed by atoms with van der Waals surface area (Å²) < 4.78 is 5.10. The average Bonchev–Trinajstić information content (AvgIpc) is 3.79. The van der Waals surface area contributed by atoms with Gasteiger partial charge in [0.25, 0.3) is 0 Å². The van der Waals surface area contributed by atoms with Gasteiger partial charge in [0.05, 0.1) is 11.0 Å². The van der Waals surface area contributed by atoms with E-state index < -0.39 is 0 Å². The van der Waals surface area contributed by atoms with Crippen molar-refractivity contribution in [1.29, 1.82) is 0 Å². The molecular formula is C41H26N2S2. The molecule has 0 saturated heterocycles. The summed E-state index contributed by atoms with van der Waals surface area (Å²) in [6.07, 6.45) is 0. The number of anilines is 1. The first-order chi connectivity index (χ1) is 22.3. The second kappa shape index (κ2) is 9.73. The highest BCUT2D eigenvalue weighted by Crippen LogP contribution is 2.53. The Labute approximate surface area is 268 Å². The lowest BCUT2D eigenvalue weighted by molar-refractivity contribution is 1.12. The SMILES string of the molecule is c1ccc(-c2ccc3c(c2)sc2ccc4c(c23)SC(c2ccc(-n3c5ccccc5c5cc6ccccc6cc53)cc2)N4)cc1. The number of para-hydroxylation sites is 1. The van der Waals surface area contributed by atoms with Crippen molar-refractivity contribution in [2.24, 2.45) is 0 Å². The van der Waals surface area contributed by atoms with Gasteiger partial charge in [0.2, 0.25) is 0 Å². The van der Waals surface area contributed by atoms with Crippen LogP contribution in [0, 0.1) is 0 Å².